The third-order valence-corrected chi connectivity index (χ3v) is 3.92. The molecule has 0 unspecified atom stereocenters. The first-order chi connectivity index (χ1) is 8.75. The molecule has 0 amide bonds. The summed E-state index contributed by atoms with van der Waals surface area (Å²) in [4.78, 5) is -0.439. The van der Waals surface area contributed by atoms with Crippen LogP contribution in [-0.2, 0) is 10.0 Å². The van der Waals surface area contributed by atoms with Crippen molar-refractivity contribution in [2.75, 3.05) is 14.1 Å². The SMILES string of the molecule is CN(C)S(=O)(=O)c1cc(C=NN=C(N)N)ccc1F. The number of nitrogens with two attached hydrogens (primary N) is 2. The molecule has 9 heteroatoms. The normalized spacial score (nSPS) is 12.0. The number of rotatable bonds is 4. The summed E-state index contributed by atoms with van der Waals surface area (Å²) in [5.74, 6) is -1.08. The zero-order chi connectivity index (χ0) is 14.6. The van der Waals surface area contributed by atoms with Crippen molar-refractivity contribution in [3.63, 3.8) is 0 Å². The fourth-order valence-electron chi connectivity index (χ4n) is 1.16. The summed E-state index contributed by atoms with van der Waals surface area (Å²) in [6, 6.07) is 3.54. The maximum absolute atomic E-state index is 13.6. The van der Waals surface area contributed by atoms with Crippen LogP contribution in [0.25, 0.3) is 0 Å². The molecule has 104 valence electrons. The molecule has 4 N–H and O–H groups in total. The average molecular weight is 287 g/mol. The van der Waals surface area contributed by atoms with Crippen molar-refractivity contribution in [3.8, 4) is 0 Å². The Morgan fingerprint density at radius 1 is 1.37 bits per heavy atom. The molecule has 1 rings (SSSR count). The number of halogens is 1. The number of hydrogen-bond donors (Lipinski definition) is 2. The van der Waals surface area contributed by atoms with Crippen LogP contribution in [0.2, 0.25) is 0 Å². The van der Waals surface area contributed by atoms with E-state index in [0.717, 1.165) is 16.4 Å². The van der Waals surface area contributed by atoms with E-state index in [1.54, 1.807) is 0 Å². The lowest BCUT2D eigenvalue weighted by Gasteiger charge is -2.12. The molecular weight excluding hydrogens is 273 g/mol. The zero-order valence-corrected chi connectivity index (χ0v) is 11.2. The van der Waals surface area contributed by atoms with Gasteiger partial charge in [-0.2, -0.15) is 5.10 Å². The molecule has 0 heterocycles. The molecule has 0 saturated heterocycles. The maximum atomic E-state index is 13.6. The van der Waals surface area contributed by atoms with Crippen LogP contribution in [0.1, 0.15) is 5.56 Å². The second-order valence-corrected chi connectivity index (χ2v) is 5.87. The van der Waals surface area contributed by atoms with Gasteiger partial charge in [0.1, 0.15) is 10.7 Å². The van der Waals surface area contributed by atoms with Gasteiger partial charge < -0.3 is 11.5 Å². The van der Waals surface area contributed by atoms with Crippen LogP contribution in [0.4, 0.5) is 4.39 Å². The van der Waals surface area contributed by atoms with E-state index in [-0.39, 0.29) is 5.96 Å². The predicted octanol–water partition coefficient (Wildman–Crippen LogP) is -0.317. The number of guanidine groups is 1. The minimum absolute atomic E-state index is 0.237. The molecule has 19 heavy (non-hydrogen) atoms. The molecule has 0 spiro atoms. The van der Waals surface area contributed by atoms with Gasteiger partial charge >= 0.3 is 0 Å². The fourth-order valence-corrected chi connectivity index (χ4v) is 2.15. The average Bonchev–Trinajstić information content (AvgIpc) is 2.30. The molecule has 0 atom stereocenters. The Balaban J connectivity index is 3.23. The third-order valence-electron chi connectivity index (χ3n) is 2.09. The van der Waals surface area contributed by atoms with Gasteiger partial charge in [-0.1, -0.05) is 6.07 Å². The summed E-state index contributed by atoms with van der Waals surface area (Å²) in [7, 11) is -1.23. The van der Waals surface area contributed by atoms with Crippen LogP contribution in [-0.4, -0.2) is 39.0 Å². The molecule has 0 saturated carbocycles. The van der Waals surface area contributed by atoms with E-state index in [9.17, 15) is 12.8 Å². The Labute approximate surface area is 110 Å². The van der Waals surface area contributed by atoms with Crippen LogP contribution in [0.3, 0.4) is 0 Å². The van der Waals surface area contributed by atoms with E-state index < -0.39 is 20.7 Å². The van der Waals surface area contributed by atoms with Gasteiger partial charge in [-0.15, -0.1) is 5.10 Å². The van der Waals surface area contributed by atoms with Crippen molar-refractivity contribution in [2.45, 2.75) is 4.90 Å². The number of hydrogen-bond acceptors (Lipinski definition) is 4. The van der Waals surface area contributed by atoms with Gasteiger partial charge in [0.15, 0.2) is 0 Å². The summed E-state index contributed by atoms with van der Waals surface area (Å²) in [6.07, 6.45) is 1.22. The van der Waals surface area contributed by atoms with Crippen LogP contribution in [0.5, 0.6) is 0 Å². The van der Waals surface area contributed by atoms with E-state index in [0.29, 0.717) is 5.56 Å². The van der Waals surface area contributed by atoms with Crippen molar-refractivity contribution in [1.82, 2.24) is 4.31 Å². The Hall–Kier alpha value is -2.00. The summed E-state index contributed by atoms with van der Waals surface area (Å²) in [6.45, 7) is 0. The van der Waals surface area contributed by atoms with E-state index in [4.69, 9.17) is 11.5 Å². The highest BCUT2D eigenvalue weighted by atomic mass is 32.2. The Kier molecular flexibility index (Phi) is 4.57. The highest BCUT2D eigenvalue weighted by Gasteiger charge is 2.21. The van der Waals surface area contributed by atoms with Crippen LogP contribution in [0.15, 0.2) is 33.3 Å². The van der Waals surface area contributed by atoms with Crippen LogP contribution >= 0.6 is 0 Å². The molecule has 0 radical (unpaired) electrons. The van der Waals surface area contributed by atoms with Crippen molar-refractivity contribution in [1.29, 1.82) is 0 Å². The van der Waals surface area contributed by atoms with Crippen molar-refractivity contribution in [2.24, 2.45) is 21.7 Å². The zero-order valence-electron chi connectivity index (χ0n) is 10.4. The maximum Gasteiger partial charge on any atom is 0.245 e. The largest absolute Gasteiger partial charge is 0.369 e. The summed E-state index contributed by atoms with van der Waals surface area (Å²) in [5.41, 5.74) is 10.5. The molecule has 7 nitrogen and oxygen atoms in total. The molecule has 0 aliphatic rings. The molecule has 0 aromatic heterocycles. The molecule has 0 aliphatic heterocycles. The smallest absolute Gasteiger partial charge is 0.245 e. The third kappa shape index (κ3) is 3.73. The highest BCUT2D eigenvalue weighted by Crippen LogP contribution is 2.18. The Morgan fingerprint density at radius 2 is 2.00 bits per heavy atom. The van der Waals surface area contributed by atoms with Gasteiger partial charge in [0.25, 0.3) is 0 Å². The molecule has 0 fully saturated rings. The van der Waals surface area contributed by atoms with Gasteiger partial charge in [-0.25, -0.2) is 17.1 Å². The van der Waals surface area contributed by atoms with Gasteiger partial charge in [-0.05, 0) is 17.7 Å². The lowest BCUT2D eigenvalue weighted by molar-refractivity contribution is 0.508. The monoisotopic (exact) mass is 287 g/mol. The van der Waals surface area contributed by atoms with E-state index in [1.807, 2.05) is 0 Å². The summed E-state index contributed by atoms with van der Waals surface area (Å²) < 4.78 is 38.2. The van der Waals surface area contributed by atoms with Crippen molar-refractivity contribution < 1.29 is 12.8 Å². The number of benzene rings is 1. The standard InChI is InChI=1S/C10H14FN5O2S/c1-16(2)19(17,18)9-5-7(3-4-8(9)11)6-14-15-10(12)13/h3-6H,1-2H3,(H4,12,13,15). The first-order valence-corrected chi connectivity index (χ1v) is 6.53. The summed E-state index contributed by atoms with van der Waals surface area (Å²) >= 11 is 0. The highest BCUT2D eigenvalue weighted by molar-refractivity contribution is 7.89. The Bertz CT molecular complexity index is 621. The Morgan fingerprint density at radius 3 is 2.53 bits per heavy atom. The van der Waals surface area contributed by atoms with Gasteiger partial charge in [0.2, 0.25) is 16.0 Å². The molecule has 0 aliphatic carbocycles. The lowest BCUT2D eigenvalue weighted by atomic mass is 10.2. The topological polar surface area (TPSA) is 114 Å². The van der Waals surface area contributed by atoms with Crippen LogP contribution in [0, 0.1) is 5.82 Å². The molecule has 0 bridgehead atoms. The first-order valence-electron chi connectivity index (χ1n) is 5.09. The quantitative estimate of drug-likeness (QED) is 0.449. The predicted molar refractivity (Wildman–Crippen MR) is 70.7 cm³/mol. The first kappa shape index (κ1) is 15.1. The van der Waals surface area contributed by atoms with E-state index in [1.165, 1.54) is 26.4 Å². The molecule has 1 aromatic rings. The lowest BCUT2D eigenvalue weighted by Crippen LogP contribution is -2.23. The van der Waals surface area contributed by atoms with Gasteiger partial charge in [0.05, 0.1) is 6.21 Å². The van der Waals surface area contributed by atoms with Gasteiger partial charge in [-0.3, -0.25) is 0 Å². The second-order valence-electron chi connectivity index (χ2n) is 3.75. The number of nitrogens with zero attached hydrogens (tertiary/aromatic N) is 3. The van der Waals surface area contributed by atoms with Crippen LogP contribution < -0.4 is 11.5 Å². The second kappa shape index (κ2) is 5.76. The number of sulfonamides is 1. The minimum atomic E-state index is -3.86. The minimum Gasteiger partial charge on any atom is -0.369 e. The van der Waals surface area contributed by atoms with Crippen molar-refractivity contribution >= 4 is 22.2 Å². The van der Waals surface area contributed by atoms with E-state index in [2.05, 4.69) is 10.2 Å². The van der Waals surface area contributed by atoms with Gasteiger partial charge in [0, 0.05) is 14.1 Å². The van der Waals surface area contributed by atoms with E-state index >= 15 is 0 Å². The molecule has 1 aromatic carbocycles. The molecular formula is C10H14FN5O2S. The van der Waals surface area contributed by atoms with Crippen molar-refractivity contribution in [3.05, 3.63) is 29.6 Å². The summed E-state index contributed by atoms with van der Waals surface area (Å²) in [5, 5.41) is 6.88. The fraction of sp³-hybridized carbons (Fsp3) is 0.200.